The molecule has 0 amide bonds. The standard InChI is InChI=1S/C18H27O6/c1-17(19,20-3)18(2,21-4)24-15-11-8-12-22-16(15)23-13-14-9-6-5-7-10-14/h5-7,9-10,15-16H,8,11-13H2,1-4H3/q-1/t15-,16-,17+,18-/m0/s1. The summed E-state index contributed by atoms with van der Waals surface area (Å²) in [7, 11) is 2.77. The Hall–Kier alpha value is -1.02. The van der Waals surface area contributed by atoms with Crippen LogP contribution < -0.4 is 5.11 Å². The van der Waals surface area contributed by atoms with Crippen LogP contribution in [0.15, 0.2) is 30.3 Å². The third-order valence-electron chi connectivity index (χ3n) is 4.46. The van der Waals surface area contributed by atoms with Gasteiger partial charge in [-0.25, -0.2) is 0 Å². The fraction of sp³-hybridized carbons (Fsp3) is 0.667. The molecular weight excluding hydrogens is 312 g/mol. The Labute approximate surface area is 143 Å². The van der Waals surface area contributed by atoms with Gasteiger partial charge in [-0.05, 0) is 32.3 Å². The smallest absolute Gasteiger partial charge is 0.184 e. The SMILES string of the molecule is CO[C@@](C)(O[C@H]1CCCO[C@H]1OCc1ccccc1)[C@](C)([O-])OC. The lowest BCUT2D eigenvalue weighted by molar-refractivity contribution is -0.608. The van der Waals surface area contributed by atoms with Crippen molar-refractivity contribution < 1.29 is 28.8 Å². The van der Waals surface area contributed by atoms with E-state index in [-0.39, 0.29) is 0 Å². The minimum atomic E-state index is -1.86. The molecule has 136 valence electrons. The summed E-state index contributed by atoms with van der Waals surface area (Å²) in [6, 6.07) is 9.83. The molecule has 1 saturated heterocycles. The molecule has 1 heterocycles. The second-order valence-corrected chi connectivity index (χ2v) is 6.13. The lowest BCUT2D eigenvalue weighted by Crippen LogP contribution is -2.65. The summed E-state index contributed by atoms with van der Waals surface area (Å²) in [6.45, 7) is 3.97. The summed E-state index contributed by atoms with van der Waals surface area (Å²) >= 11 is 0. The molecule has 0 radical (unpaired) electrons. The van der Waals surface area contributed by atoms with Gasteiger partial charge in [0.15, 0.2) is 12.1 Å². The first kappa shape index (κ1) is 19.3. The second-order valence-electron chi connectivity index (χ2n) is 6.13. The Morgan fingerprint density at radius 1 is 1.17 bits per heavy atom. The Kier molecular flexibility index (Phi) is 6.74. The highest BCUT2D eigenvalue weighted by atomic mass is 16.8. The van der Waals surface area contributed by atoms with E-state index in [4.69, 9.17) is 23.7 Å². The minimum absolute atomic E-state index is 0.407. The highest BCUT2D eigenvalue weighted by molar-refractivity contribution is 5.13. The number of ether oxygens (including phenoxy) is 5. The normalized spacial score (nSPS) is 26.5. The van der Waals surface area contributed by atoms with E-state index >= 15 is 0 Å². The summed E-state index contributed by atoms with van der Waals surface area (Å²) in [4.78, 5) is 0. The van der Waals surface area contributed by atoms with Gasteiger partial charge in [-0.15, -0.1) is 0 Å². The van der Waals surface area contributed by atoms with Crippen LogP contribution in [0.5, 0.6) is 0 Å². The molecule has 0 bridgehead atoms. The summed E-state index contributed by atoms with van der Waals surface area (Å²) < 4.78 is 27.9. The van der Waals surface area contributed by atoms with Crippen LogP contribution in [0, 0.1) is 0 Å². The number of methoxy groups -OCH3 is 2. The van der Waals surface area contributed by atoms with Gasteiger partial charge in [0.2, 0.25) is 0 Å². The van der Waals surface area contributed by atoms with Crippen LogP contribution in [-0.2, 0) is 30.3 Å². The van der Waals surface area contributed by atoms with Gasteiger partial charge in [0.1, 0.15) is 6.10 Å². The third-order valence-corrected chi connectivity index (χ3v) is 4.46. The van der Waals surface area contributed by atoms with Crippen molar-refractivity contribution >= 4 is 0 Å². The highest BCUT2D eigenvalue weighted by Crippen LogP contribution is 2.31. The van der Waals surface area contributed by atoms with Gasteiger partial charge in [-0.2, -0.15) is 0 Å². The van der Waals surface area contributed by atoms with Gasteiger partial charge in [-0.1, -0.05) is 30.3 Å². The molecule has 1 aliphatic rings. The van der Waals surface area contributed by atoms with Crippen molar-refractivity contribution in [1.29, 1.82) is 0 Å². The number of hydrogen-bond donors (Lipinski definition) is 0. The van der Waals surface area contributed by atoms with Gasteiger partial charge in [-0.3, -0.25) is 0 Å². The van der Waals surface area contributed by atoms with E-state index in [1.54, 1.807) is 6.92 Å². The molecular formula is C18H27O6-. The molecule has 0 spiro atoms. The van der Waals surface area contributed by atoms with Crippen LogP contribution in [0.2, 0.25) is 0 Å². The van der Waals surface area contributed by atoms with Crippen LogP contribution in [0.4, 0.5) is 0 Å². The fourth-order valence-corrected chi connectivity index (χ4v) is 2.56. The van der Waals surface area contributed by atoms with Crippen molar-refractivity contribution in [3.8, 4) is 0 Å². The van der Waals surface area contributed by atoms with Crippen molar-refractivity contribution in [3.05, 3.63) is 35.9 Å². The molecule has 1 fully saturated rings. The molecule has 4 atom stereocenters. The van der Waals surface area contributed by atoms with Gasteiger partial charge in [0.05, 0.1) is 6.61 Å². The first-order valence-corrected chi connectivity index (χ1v) is 8.17. The minimum Gasteiger partial charge on any atom is -0.825 e. The number of hydrogen-bond acceptors (Lipinski definition) is 6. The third kappa shape index (κ3) is 4.53. The summed E-state index contributed by atoms with van der Waals surface area (Å²) in [5.41, 5.74) is 1.05. The van der Waals surface area contributed by atoms with Gasteiger partial charge in [0, 0.05) is 26.6 Å². The highest BCUT2D eigenvalue weighted by Gasteiger charge is 2.42. The molecule has 2 rings (SSSR count). The molecule has 0 aliphatic carbocycles. The van der Waals surface area contributed by atoms with Gasteiger partial charge >= 0.3 is 0 Å². The maximum absolute atomic E-state index is 12.5. The lowest BCUT2D eigenvalue weighted by atomic mass is 10.1. The number of rotatable bonds is 8. The van der Waals surface area contributed by atoms with Crippen LogP contribution in [0.25, 0.3) is 0 Å². The Morgan fingerprint density at radius 3 is 2.50 bits per heavy atom. The number of benzene rings is 1. The summed E-state index contributed by atoms with van der Waals surface area (Å²) in [5, 5.41) is 12.5. The predicted molar refractivity (Wildman–Crippen MR) is 85.9 cm³/mol. The van der Waals surface area contributed by atoms with E-state index in [9.17, 15) is 5.11 Å². The first-order valence-electron chi connectivity index (χ1n) is 8.17. The van der Waals surface area contributed by atoms with E-state index < -0.39 is 24.0 Å². The van der Waals surface area contributed by atoms with E-state index in [0.29, 0.717) is 13.2 Å². The van der Waals surface area contributed by atoms with Crippen molar-refractivity contribution in [2.24, 2.45) is 0 Å². The molecule has 1 aromatic carbocycles. The van der Waals surface area contributed by atoms with Crippen LogP contribution in [-0.4, -0.2) is 44.8 Å². The van der Waals surface area contributed by atoms with E-state index in [0.717, 1.165) is 18.4 Å². The first-order chi connectivity index (χ1) is 11.4. The summed E-state index contributed by atoms with van der Waals surface area (Å²) in [5.74, 6) is -3.31. The molecule has 0 N–H and O–H groups in total. The van der Waals surface area contributed by atoms with Crippen molar-refractivity contribution in [1.82, 2.24) is 0 Å². The van der Waals surface area contributed by atoms with Gasteiger partial charge < -0.3 is 28.8 Å². The Bertz CT molecular complexity index is 492. The monoisotopic (exact) mass is 339 g/mol. The molecule has 1 aliphatic heterocycles. The van der Waals surface area contributed by atoms with Crippen molar-refractivity contribution in [2.45, 2.75) is 57.3 Å². The van der Waals surface area contributed by atoms with E-state index in [2.05, 4.69) is 0 Å². The molecule has 24 heavy (non-hydrogen) atoms. The molecule has 0 aromatic heterocycles. The van der Waals surface area contributed by atoms with Crippen LogP contribution in [0.1, 0.15) is 32.3 Å². The Balaban J connectivity index is 2.03. The quantitative estimate of drug-likeness (QED) is 0.673. The maximum Gasteiger partial charge on any atom is 0.184 e. The average molecular weight is 339 g/mol. The summed E-state index contributed by atoms with van der Waals surface area (Å²) in [6.07, 6.45) is 0.591. The Morgan fingerprint density at radius 2 is 1.88 bits per heavy atom. The van der Waals surface area contributed by atoms with Gasteiger partial charge in [0.25, 0.3) is 0 Å². The van der Waals surface area contributed by atoms with E-state index in [1.165, 1.54) is 21.1 Å². The topological polar surface area (TPSA) is 69.2 Å². The largest absolute Gasteiger partial charge is 0.825 e. The van der Waals surface area contributed by atoms with Crippen LogP contribution in [0.3, 0.4) is 0 Å². The maximum atomic E-state index is 12.5. The lowest BCUT2D eigenvalue weighted by Gasteiger charge is -2.51. The molecule has 6 nitrogen and oxygen atoms in total. The molecule has 6 heteroatoms. The zero-order chi connectivity index (χ0) is 17.6. The predicted octanol–water partition coefficient (Wildman–Crippen LogP) is 1.81. The average Bonchev–Trinajstić information content (AvgIpc) is 2.61. The molecule has 1 aromatic rings. The van der Waals surface area contributed by atoms with E-state index in [1.807, 2.05) is 30.3 Å². The molecule has 0 unspecified atom stereocenters. The fourth-order valence-electron chi connectivity index (χ4n) is 2.56. The van der Waals surface area contributed by atoms with Crippen molar-refractivity contribution in [3.63, 3.8) is 0 Å². The second kappa shape index (κ2) is 8.38. The molecule has 0 saturated carbocycles. The van der Waals surface area contributed by atoms with Crippen molar-refractivity contribution in [2.75, 3.05) is 20.8 Å². The zero-order valence-corrected chi connectivity index (χ0v) is 14.8. The van der Waals surface area contributed by atoms with Crippen LogP contribution >= 0.6 is 0 Å². The zero-order valence-electron chi connectivity index (χ0n) is 14.8.